The van der Waals surface area contributed by atoms with Crippen molar-refractivity contribution in [1.82, 2.24) is 15.5 Å². The lowest BCUT2D eigenvalue weighted by molar-refractivity contribution is 0.693. The molecule has 2 aromatic rings. The second kappa shape index (κ2) is 4.75. The summed E-state index contributed by atoms with van der Waals surface area (Å²) in [6.07, 6.45) is 3.74. The number of hydrogen-bond donors (Lipinski definition) is 2. The molecule has 0 amide bonds. The van der Waals surface area contributed by atoms with Crippen LogP contribution in [-0.2, 0) is 13.1 Å². The molecule has 0 aliphatic rings. The Kier molecular flexibility index (Phi) is 3.15. The molecular weight excluding hydrogens is 186 g/mol. The van der Waals surface area contributed by atoms with E-state index in [1.54, 1.807) is 0 Å². The van der Waals surface area contributed by atoms with Crippen molar-refractivity contribution in [3.05, 3.63) is 53.3 Å². The predicted octanol–water partition coefficient (Wildman–Crippen LogP) is 2.01. The number of rotatable bonds is 4. The molecule has 0 aliphatic carbocycles. The number of nitrogens with one attached hydrogen (secondary N) is 2. The Hall–Kier alpha value is -1.61. The van der Waals surface area contributed by atoms with Crippen molar-refractivity contribution in [3.8, 4) is 0 Å². The van der Waals surface area contributed by atoms with Gasteiger partial charge in [-0.05, 0) is 12.5 Å². The lowest BCUT2D eigenvalue weighted by atomic mass is 10.1. The third-order valence-corrected chi connectivity index (χ3v) is 2.33. The van der Waals surface area contributed by atoms with Crippen LogP contribution in [0.2, 0.25) is 0 Å². The summed E-state index contributed by atoms with van der Waals surface area (Å²) in [5.74, 6) is 0. The number of benzene rings is 1. The monoisotopic (exact) mass is 201 g/mol. The minimum atomic E-state index is 0.852. The Morgan fingerprint density at radius 3 is 2.53 bits per heavy atom. The highest BCUT2D eigenvalue weighted by atomic mass is 15.1. The van der Waals surface area contributed by atoms with Crippen molar-refractivity contribution in [2.75, 3.05) is 0 Å². The first-order valence-corrected chi connectivity index (χ1v) is 5.08. The molecule has 15 heavy (non-hydrogen) atoms. The van der Waals surface area contributed by atoms with Gasteiger partial charge in [0.05, 0.1) is 6.20 Å². The molecule has 0 bridgehead atoms. The van der Waals surface area contributed by atoms with E-state index < -0.39 is 0 Å². The van der Waals surface area contributed by atoms with E-state index >= 15 is 0 Å². The van der Waals surface area contributed by atoms with Crippen LogP contribution in [0.4, 0.5) is 0 Å². The van der Waals surface area contributed by atoms with Crippen LogP contribution < -0.4 is 5.32 Å². The van der Waals surface area contributed by atoms with E-state index in [0.717, 1.165) is 13.1 Å². The van der Waals surface area contributed by atoms with Crippen LogP contribution in [0.1, 0.15) is 16.7 Å². The maximum absolute atomic E-state index is 3.89. The fourth-order valence-corrected chi connectivity index (χ4v) is 1.43. The normalized spacial score (nSPS) is 10.5. The van der Waals surface area contributed by atoms with E-state index in [1.165, 1.54) is 16.7 Å². The van der Waals surface area contributed by atoms with Crippen molar-refractivity contribution in [2.24, 2.45) is 0 Å². The minimum Gasteiger partial charge on any atom is -0.309 e. The lowest BCUT2D eigenvalue weighted by Gasteiger charge is -2.03. The summed E-state index contributed by atoms with van der Waals surface area (Å²) < 4.78 is 0. The molecule has 1 heterocycles. The number of aromatic amines is 1. The van der Waals surface area contributed by atoms with Crippen LogP contribution in [0, 0.1) is 6.92 Å². The SMILES string of the molecule is Cc1ccc(CNCc2cn[nH]c2)cc1. The van der Waals surface area contributed by atoms with E-state index in [0.29, 0.717) is 0 Å². The molecule has 0 atom stereocenters. The molecule has 0 unspecified atom stereocenters. The molecule has 2 rings (SSSR count). The molecular formula is C12H15N3. The van der Waals surface area contributed by atoms with Crippen LogP contribution in [-0.4, -0.2) is 10.2 Å². The summed E-state index contributed by atoms with van der Waals surface area (Å²) in [6, 6.07) is 8.57. The summed E-state index contributed by atoms with van der Waals surface area (Å²) in [5, 5.41) is 10.1. The van der Waals surface area contributed by atoms with Crippen molar-refractivity contribution >= 4 is 0 Å². The smallest absolute Gasteiger partial charge is 0.0532 e. The van der Waals surface area contributed by atoms with E-state index in [2.05, 4.69) is 46.7 Å². The van der Waals surface area contributed by atoms with Crippen molar-refractivity contribution in [1.29, 1.82) is 0 Å². The molecule has 0 radical (unpaired) electrons. The first kappa shape index (κ1) is 9.93. The Morgan fingerprint density at radius 2 is 1.87 bits per heavy atom. The van der Waals surface area contributed by atoms with Gasteiger partial charge in [0.1, 0.15) is 0 Å². The van der Waals surface area contributed by atoms with Gasteiger partial charge in [0.25, 0.3) is 0 Å². The molecule has 78 valence electrons. The van der Waals surface area contributed by atoms with Crippen molar-refractivity contribution in [2.45, 2.75) is 20.0 Å². The van der Waals surface area contributed by atoms with E-state index in [-0.39, 0.29) is 0 Å². The number of nitrogens with zero attached hydrogens (tertiary/aromatic N) is 1. The van der Waals surface area contributed by atoms with Crippen molar-refractivity contribution < 1.29 is 0 Å². The van der Waals surface area contributed by atoms with Crippen molar-refractivity contribution in [3.63, 3.8) is 0 Å². The fourth-order valence-electron chi connectivity index (χ4n) is 1.43. The van der Waals surface area contributed by atoms with Gasteiger partial charge in [0.15, 0.2) is 0 Å². The fraction of sp³-hybridized carbons (Fsp3) is 0.250. The highest BCUT2D eigenvalue weighted by Crippen LogP contribution is 2.03. The topological polar surface area (TPSA) is 40.7 Å². The first-order valence-electron chi connectivity index (χ1n) is 5.08. The van der Waals surface area contributed by atoms with Gasteiger partial charge in [-0.1, -0.05) is 29.8 Å². The second-order valence-corrected chi connectivity index (χ2v) is 3.70. The molecule has 3 nitrogen and oxygen atoms in total. The van der Waals surface area contributed by atoms with E-state index in [1.807, 2.05) is 12.4 Å². The number of H-pyrrole nitrogens is 1. The molecule has 0 aliphatic heterocycles. The molecule has 1 aromatic heterocycles. The summed E-state index contributed by atoms with van der Waals surface area (Å²) in [7, 11) is 0. The first-order chi connectivity index (χ1) is 7.34. The van der Waals surface area contributed by atoms with Crippen LogP contribution in [0.25, 0.3) is 0 Å². The zero-order valence-electron chi connectivity index (χ0n) is 8.83. The van der Waals surface area contributed by atoms with Gasteiger partial charge in [-0.3, -0.25) is 5.10 Å². The minimum absolute atomic E-state index is 0.852. The van der Waals surface area contributed by atoms with Gasteiger partial charge >= 0.3 is 0 Å². The van der Waals surface area contributed by atoms with Crippen LogP contribution >= 0.6 is 0 Å². The van der Waals surface area contributed by atoms with Gasteiger partial charge in [-0.15, -0.1) is 0 Å². The third-order valence-electron chi connectivity index (χ3n) is 2.33. The van der Waals surface area contributed by atoms with Gasteiger partial charge in [-0.2, -0.15) is 5.10 Å². The maximum Gasteiger partial charge on any atom is 0.0532 e. The maximum atomic E-state index is 3.89. The van der Waals surface area contributed by atoms with Gasteiger partial charge in [-0.25, -0.2) is 0 Å². The lowest BCUT2D eigenvalue weighted by Crippen LogP contribution is -2.11. The number of hydrogen-bond acceptors (Lipinski definition) is 2. The molecule has 3 heteroatoms. The highest BCUT2D eigenvalue weighted by molar-refractivity contribution is 5.21. The zero-order chi connectivity index (χ0) is 10.5. The summed E-state index contributed by atoms with van der Waals surface area (Å²) in [4.78, 5) is 0. The Labute approximate surface area is 89.5 Å². The molecule has 2 N–H and O–H groups in total. The number of aryl methyl sites for hydroxylation is 1. The number of aromatic nitrogens is 2. The molecule has 0 fully saturated rings. The van der Waals surface area contributed by atoms with Gasteiger partial charge < -0.3 is 5.32 Å². The van der Waals surface area contributed by atoms with Crippen LogP contribution in [0.3, 0.4) is 0 Å². The highest BCUT2D eigenvalue weighted by Gasteiger charge is 1.94. The standard InChI is InChI=1S/C12H15N3/c1-10-2-4-11(5-3-10)6-13-7-12-8-14-15-9-12/h2-5,8-9,13H,6-7H2,1H3,(H,14,15). The van der Waals surface area contributed by atoms with Crippen LogP contribution in [0.15, 0.2) is 36.7 Å². The summed E-state index contributed by atoms with van der Waals surface area (Å²) >= 11 is 0. The van der Waals surface area contributed by atoms with E-state index in [4.69, 9.17) is 0 Å². The average molecular weight is 201 g/mol. The predicted molar refractivity (Wildman–Crippen MR) is 60.3 cm³/mol. The molecule has 0 saturated heterocycles. The summed E-state index contributed by atoms with van der Waals surface area (Å²) in [5.41, 5.74) is 3.79. The molecule has 0 spiro atoms. The van der Waals surface area contributed by atoms with Gasteiger partial charge in [0.2, 0.25) is 0 Å². The van der Waals surface area contributed by atoms with E-state index in [9.17, 15) is 0 Å². The average Bonchev–Trinajstić information content (AvgIpc) is 2.74. The largest absolute Gasteiger partial charge is 0.309 e. The third kappa shape index (κ3) is 2.92. The molecule has 1 aromatic carbocycles. The summed E-state index contributed by atoms with van der Waals surface area (Å²) in [6.45, 7) is 3.85. The quantitative estimate of drug-likeness (QED) is 0.794. The Balaban J connectivity index is 1.81. The Bertz CT molecular complexity index is 389. The zero-order valence-corrected chi connectivity index (χ0v) is 8.83. The van der Waals surface area contributed by atoms with Gasteiger partial charge in [0, 0.05) is 24.8 Å². The second-order valence-electron chi connectivity index (χ2n) is 3.70. The Morgan fingerprint density at radius 1 is 1.13 bits per heavy atom. The molecule has 0 saturated carbocycles. The van der Waals surface area contributed by atoms with Crippen LogP contribution in [0.5, 0.6) is 0 Å².